The van der Waals surface area contributed by atoms with Crippen LogP contribution in [0.4, 0.5) is 0 Å². The van der Waals surface area contributed by atoms with E-state index in [1.807, 2.05) is 86.6 Å². The van der Waals surface area contributed by atoms with Gasteiger partial charge in [-0.15, -0.1) is 11.8 Å². The van der Waals surface area contributed by atoms with Gasteiger partial charge in [-0.1, -0.05) is 74.5 Å². The first-order chi connectivity index (χ1) is 17.9. The van der Waals surface area contributed by atoms with E-state index in [4.69, 9.17) is 4.42 Å². The fourth-order valence-corrected chi connectivity index (χ4v) is 4.64. The van der Waals surface area contributed by atoms with E-state index in [9.17, 15) is 14.4 Å². The summed E-state index contributed by atoms with van der Waals surface area (Å²) in [6.07, 6.45) is 5.57. The Morgan fingerprint density at radius 1 is 0.892 bits per heavy atom. The smallest absolute Gasteiger partial charge is 0.244 e. The molecule has 2 atom stereocenters. The van der Waals surface area contributed by atoms with Gasteiger partial charge in [0.2, 0.25) is 11.8 Å². The molecule has 3 rings (SSSR count). The lowest BCUT2D eigenvalue weighted by atomic mass is 10.00. The first kappa shape index (κ1) is 28.0. The normalized spacial score (nSPS) is 12.8. The number of rotatable bonds is 14. The van der Waals surface area contributed by atoms with Crippen LogP contribution in [0.5, 0.6) is 0 Å². The number of carbonyl (C=O) groups excluding carboxylic acids is 3. The van der Waals surface area contributed by atoms with Crippen molar-refractivity contribution in [3.8, 4) is 0 Å². The number of carbonyl (C=O) groups is 3. The number of hydrogen-bond donors (Lipinski definition) is 2. The van der Waals surface area contributed by atoms with Gasteiger partial charge < -0.3 is 15.1 Å². The van der Waals surface area contributed by atoms with Gasteiger partial charge in [0.05, 0.1) is 23.8 Å². The predicted octanol–water partition coefficient (Wildman–Crippen LogP) is 5.05. The highest BCUT2D eigenvalue weighted by Crippen LogP contribution is 2.15. The van der Waals surface area contributed by atoms with Crippen molar-refractivity contribution >= 4 is 35.4 Å². The van der Waals surface area contributed by atoms with Crippen LogP contribution in [-0.2, 0) is 26.6 Å². The summed E-state index contributed by atoms with van der Waals surface area (Å²) in [5.74, 6) is 0.979. The van der Waals surface area contributed by atoms with Crippen molar-refractivity contribution in [1.82, 2.24) is 10.6 Å². The van der Waals surface area contributed by atoms with E-state index in [2.05, 4.69) is 10.6 Å². The van der Waals surface area contributed by atoms with Gasteiger partial charge >= 0.3 is 0 Å². The van der Waals surface area contributed by atoms with E-state index in [1.54, 1.807) is 12.3 Å². The summed E-state index contributed by atoms with van der Waals surface area (Å²) in [5.41, 5.74) is 1.84. The lowest BCUT2D eigenvalue weighted by molar-refractivity contribution is -0.130. The largest absolute Gasteiger partial charge is 0.468 e. The Balaban J connectivity index is 1.66. The molecule has 2 unspecified atom stereocenters. The first-order valence-electron chi connectivity index (χ1n) is 12.4. The Morgan fingerprint density at radius 2 is 1.59 bits per heavy atom. The van der Waals surface area contributed by atoms with Gasteiger partial charge in [-0.3, -0.25) is 14.4 Å². The van der Waals surface area contributed by atoms with Crippen LogP contribution in [-0.4, -0.2) is 35.4 Å². The Kier molecular flexibility index (Phi) is 11.2. The monoisotopic (exact) mass is 518 g/mol. The molecule has 2 aromatic carbocycles. The predicted molar refractivity (Wildman–Crippen MR) is 149 cm³/mol. The maximum atomic E-state index is 13.3. The molecule has 2 N–H and O–H groups in total. The van der Waals surface area contributed by atoms with Crippen LogP contribution in [0.2, 0.25) is 0 Å². The van der Waals surface area contributed by atoms with E-state index in [0.717, 1.165) is 16.9 Å². The Bertz CT molecular complexity index is 1140. The average molecular weight is 519 g/mol. The topological polar surface area (TPSA) is 88.4 Å². The number of ketones is 1. The molecule has 3 aromatic rings. The Labute approximate surface area is 222 Å². The molecule has 0 aliphatic rings. The maximum Gasteiger partial charge on any atom is 0.244 e. The summed E-state index contributed by atoms with van der Waals surface area (Å²) in [7, 11) is 0. The van der Waals surface area contributed by atoms with Gasteiger partial charge in [-0.05, 0) is 48.1 Å². The third-order valence-corrected chi connectivity index (χ3v) is 6.60. The van der Waals surface area contributed by atoms with Crippen molar-refractivity contribution in [2.24, 2.45) is 5.92 Å². The lowest BCUT2D eigenvalue weighted by Crippen LogP contribution is -2.52. The van der Waals surface area contributed by atoms with Gasteiger partial charge in [-0.25, -0.2) is 0 Å². The Morgan fingerprint density at radius 3 is 2.24 bits per heavy atom. The molecular formula is C30H34N2O4S. The van der Waals surface area contributed by atoms with Crippen molar-refractivity contribution in [2.45, 2.75) is 44.5 Å². The highest BCUT2D eigenvalue weighted by molar-refractivity contribution is 7.99. The molecule has 1 aromatic heterocycles. The zero-order valence-electron chi connectivity index (χ0n) is 21.3. The summed E-state index contributed by atoms with van der Waals surface area (Å²) in [4.78, 5) is 39.1. The molecule has 0 radical (unpaired) electrons. The van der Waals surface area contributed by atoms with Crippen LogP contribution in [0, 0.1) is 5.92 Å². The molecule has 0 aliphatic carbocycles. The molecule has 7 heteroatoms. The summed E-state index contributed by atoms with van der Waals surface area (Å²) in [6.45, 7) is 3.98. The van der Waals surface area contributed by atoms with Gasteiger partial charge in [0.1, 0.15) is 11.8 Å². The van der Waals surface area contributed by atoms with Crippen LogP contribution in [0.25, 0.3) is 6.08 Å². The minimum absolute atomic E-state index is 0.0765. The molecule has 0 fully saturated rings. The molecular weight excluding hydrogens is 484 g/mol. The number of benzene rings is 2. The molecule has 0 bridgehead atoms. The molecule has 0 spiro atoms. The fraction of sp³-hybridized carbons (Fsp3) is 0.300. The zero-order chi connectivity index (χ0) is 26.5. The van der Waals surface area contributed by atoms with Crippen LogP contribution in [0.1, 0.15) is 37.2 Å². The fourth-order valence-electron chi connectivity index (χ4n) is 3.77. The lowest BCUT2D eigenvalue weighted by Gasteiger charge is -2.24. The zero-order valence-corrected chi connectivity index (χ0v) is 22.1. The molecule has 0 saturated heterocycles. The van der Waals surface area contributed by atoms with Crippen LogP contribution in [0.3, 0.4) is 0 Å². The van der Waals surface area contributed by atoms with Crippen molar-refractivity contribution in [3.05, 3.63) is 102 Å². The summed E-state index contributed by atoms with van der Waals surface area (Å²) in [6, 6.07) is 21.3. The first-order valence-corrected chi connectivity index (χ1v) is 13.6. The van der Waals surface area contributed by atoms with Crippen molar-refractivity contribution in [3.63, 3.8) is 0 Å². The third-order valence-electron chi connectivity index (χ3n) is 5.62. The molecule has 0 saturated carbocycles. The van der Waals surface area contributed by atoms with Crippen LogP contribution >= 0.6 is 11.8 Å². The number of Topliss-reactive ketones (excluding diaryl/α,β-unsaturated/α-hetero) is 1. The van der Waals surface area contributed by atoms with E-state index < -0.39 is 12.1 Å². The Hall–Kier alpha value is -3.58. The molecule has 37 heavy (non-hydrogen) atoms. The summed E-state index contributed by atoms with van der Waals surface area (Å²) < 4.78 is 5.34. The number of nitrogens with one attached hydrogen (secondary N) is 2. The van der Waals surface area contributed by atoms with E-state index in [1.165, 1.54) is 17.8 Å². The minimum atomic E-state index is -0.755. The van der Waals surface area contributed by atoms with E-state index in [-0.39, 0.29) is 29.3 Å². The highest BCUT2D eigenvalue weighted by atomic mass is 32.2. The number of hydrogen-bond acceptors (Lipinski definition) is 5. The summed E-state index contributed by atoms with van der Waals surface area (Å²) >= 11 is 1.45. The number of amides is 2. The van der Waals surface area contributed by atoms with Gasteiger partial charge in [-0.2, -0.15) is 0 Å². The van der Waals surface area contributed by atoms with E-state index >= 15 is 0 Å². The average Bonchev–Trinajstić information content (AvgIpc) is 3.41. The van der Waals surface area contributed by atoms with Crippen LogP contribution in [0.15, 0.2) is 89.6 Å². The SMILES string of the molecule is CC(C)CC(NC(=O)C=Cc1ccccc1)C(=O)NC(Cc1ccccc1)C(=O)CSCc1ccco1. The summed E-state index contributed by atoms with van der Waals surface area (Å²) in [5, 5.41) is 5.75. The highest BCUT2D eigenvalue weighted by Gasteiger charge is 2.27. The maximum absolute atomic E-state index is 13.3. The van der Waals surface area contributed by atoms with Crippen molar-refractivity contribution < 1.29 is 18.8 Å². The minimum Gasteiger partial charge on any atom is -0.468 e. The second-order valence-corrected chi connectivity index (χ2v) is 10.2. The molecule has 0 aliphatic heterocycles. The number of furan rings is 1. The standard InChI is InChI=1S/C30H34N2O4S/c1-22(2)18-27(31-29(34)16-15-23-10-5-3-6-11-23)30(35)32-26(19-24-12-7-4-8-13-24)28(33)21-37-20-25-14-9-17-36-25/h3-17,22,26-27H,18-21H2,1-2H3,(H,31,34)(H,32,35). The van der Waals surface area contributed by atoms with Gasteiger partial charge in [0, 0.05) is 6.08 Å². The number of thioether (sulfide) groups is 1. The second kappa shape index (κ2) is 14.9. The molecule has 194 valence electrons. The molecule has 6 nitrogen and oxygen atoms in total. The van der Waals surface area contributed by atoms with Crippen LogP contribution < -0.4 is 10.6 Å². The van der Waals surface area contributed by atoms with Crippen molar-refractivity contribution in [2.75, 3.05) is 5.75 Å². The third kappa shape index (κ3) is 10.1. The van der Waals surface area contributed by atoms with Gasteiger partial charge in [0.25, 0.3) is 0 Å². The molecule has 2 amide bonds. The second-order valence-electron chi connectivity index (χ2n) is 9.22. The van der Waals surface area contributed by atoms with Crippen molar-refractivity contribution in [1.29, 1.82) is 0 Å². The van der Waals surface area contributed by atoms with Gasteiger partial charge in [0.15, 0.2) is 5.78 Å². The molecule has 1 heterocycles. The van der Waals surface area contributed by atoms with E-state index in [0.29, 0.717) is 18.6 Å². The quantitative estimate of drug-likeness (QED) is 0.292.